The van der Waals surface area contributed by atoms with Crippen LogP contribution < -0.4 is 10.2 Å². The van der Waals surface area contributed by atoms with Gasteiger partial charge in [0.1, 0.15) is 10.8 Å². The molecule has 2 bridgehead atoms. The highest BCUT2D eigenvalue weighted by molar-refractivity contribution is 7.10. The van der Waals surface area contributed by atoms with Crippen molar-refractivity contribution in [3.63, 3.8) is 0 Å². The monoisotopic (exact) mass is 474 g/mol. The number of piperidine rings is 1. The summed E-state index contributed by atoms with van der Waals surface area (Å²) in [5, 5.41) is 9.46. The van der Waals surface area contributed by atoms with Crippen molar-refractivity contribution in [2.45, 2.75) is 51.1 Å². The Morgan fingerprint density at radius 3 is 2.58 bits per heavy atom. The summed E-state index contributed by atoms with van der Waals surface area (Å²) in [4.78, 5) is 7.15. The van der Waals surface area contributed by atoms with E-state index in [-0.39, 0.29) is 11.6 Å². The molecule has 1 saturated carbocycles. The highest BCUT2D eigenvalue weighted by atomic mass is 32.1. The van der Waals surface area contributed by atoms with Crippen molar-refractivity contribution >= 4 is 22.5 Å². The van der Waals surface area contributed by atoms with Crippen molar-refractivity contribution in [3.05, 3.63) is 52.7 Å². The molecule has 6 rings (SSSR count). The molecular formula is C23H25F3N6S. The maximum Gasteiger partial charge on any atom is 0.242 e. The van der Waals surface area contributed by atoms with Gasteiger partial charge in [-0.15, -0.1) is 5.10 Å². The first-order chi connectivity index (χ1) is 16.0. The minimum absolute atomic E-state index is 0.141. The van der Waals surface area contributed by atoms with E-state index >= 15 is 0 Å². The summed E-state index contributed by atoms with van der Waals surface area (Å²) in [6.45, 7) is 4.66. The van der Waals surface area contributed by atoms with E-state index in [2.05, 4.69) is 25.8 Å². The Morgan fingerprint density at radius 2 is 1.85 bits per heavy atom. The predicted molar refractivity (Wildman–Crippen MR) is 120 cm³/mol. The molecule has 0 radical (unpaired) electrons. The van der Waals surface area contributed by atoms with Gasteiger partial charge in [0.05, 0.1) is 5.69 Å². The lowest BCUT2D eigenvalue weighted by molar-refractivity contribution is 0.377. The number of anilines is 2. The molecule has 1 aliphatic carbocycles. The second-order valence-electron chi connectivity index (χ2n) is 9.46. The van der Waals surface area contributed by atoms with Crippen LogP contribution in [0.2, 0.25) is 0 Å². The molecule has 2 aliphatic heterocycles. The first-order valence-corrected chi connectivity index (χ1v) is 12.3. The molecule has 33 heavy (non-hydrogen) atoms. The molecule has 4 heterocycles. The number of hydrogen-bond acceptors (Lipinski definition) is 6. The van der Waals surface area contributed by atoms with E-state index in [1.165, 1.54) is 11.1 Å². The summed E-state index contributed by atoms with van der Waals surface area (Å²) in [5.74, 6) is -2.03. The van der Waals surface area contributed by atoms with Crippen LogP contribution in [0.25, 0.3) is 0 Å². The van der Waals surface area contributed by atoms with E-state index in [1.807, 2.05) is 6.92 Å². The summed E-state index contributed by atoms with van der Waals surface area (Å²) >= 11 is 1.56. The summed E-state index contributed by atoms with van der Waals surface area (Å²) in [7, 11) is 0. The minimum Gasteiger partial charge on any atom is -0.361 e. The van der Waals surface area contributed by atoms with Gasteiger partial charge in [-0.25, -0.2) is 17.9 Å². The van der Waals surface area contributed by atoms with E-state index in [4.69, 9.17) is 4.98 Å². The van der Waals surface area contributed by atoms with Crippen molar-refractivity contribution in [2.24, 2.45) is 11.8 Å². The van der Waals surface area contributed by atoms with E-state index < -0.39 is 23.4 Å². The molecule has 3 aliphatic rings. The molecule has 2 fully saturated rings. The zero-order valence-corrected chi connectivity index (χ0v) is 19.1. The smallest absolute Gasteiger partial charge is 0.242 e. The molecule has 1 saturated heterocycles. The molecule has 1 N–H and O–H groups in total. The fourth-order valence-electron chi connectivity index (χ4n) is 5.80. The van der Waals surface area contributed by atoms with Gasteiger partial charge in [0.15, 0.2) is 17.5 Å². The van der Waals surface area contributed by atoms with Crippen LogP contribution in [0.15, 0.2) is 18.2 Å². The largest absolute Gasteiger partial charge is 0.361 e. The third-order valence-electron chi connectivity index (χ3n) is 7.37. The third-order valence-corrected chi connectivity index (χ3v) is 8.31. The molecule has 3 aromatic rings. The number of halogens is 3. The van der Waals surface area contributed by atoms with E-state index in [1.54, 1.807) is 16.2 Å². The van der Waals surface area contributed by atoms with Crippen LogP contribution in [0.5, 0.6) is 0 Å². The summed E-state index contributed by atoms with van der Waals surface area (Å²) in [6.07, 6.45) is 3.72. The first kappa shape index (κ1) is 20.9. The normalized spacial score (nSPS) is 26.5. The fraction of sp³-hybridized carbons (Fsp3) is 0.522. The average Bonchev–Trinajstić information content (AvgIpc) is 3.48. The number of aryl methyl sites for hydroxylation is 2. The number of nitrogens with one attached hydrogen (secondary N) is 1. The second kappa shape index (κ2) is 8.00. The number of rotatable bonds is 4. The Hall–Kier alpha value is -2.62. The van der Waals surface area contributed by atoms with Gasteiger partial charge < -0.3 is 10.2 Å². The third kappa shape index (κ3) is 3.59. The van der Waals surface area contributed by atoms with Gasteiger partial charge >= 0.3 is 0 Å². The molecule has 10 heteroatoms. The lowest BCUT2D eigenvalue weighted by Crippen LogP contribution is -2.48. The van der Waals surface area contributed by atoms with Crippen molar-refractivity contribution in [2.75, 3.05) is 23.3 Å². The summed E-state index contributed by atoms with van der Waals surface area (Å²) in [6, 6.07) is 4.75. The number of nitrogens with zero attached hydrogens (tertiary/aromatic N) is 5. The standard InChI is InChI=1S/C23H25F3N6S/c1-12-9-18(33-30-12)31-10-13-4-5-14(11-31)21(13)27-23-28-22-16(3-2-8-32(22)29-23)15-6-7-17(24)20(26)19(15)25/h6-7,9,13-14,16,21H,2-5,8,10-11H2,1H3,(H,27,29)/t13-,14?,16?,21-/m0/s1. The van der Waals surface area contributed by atoms with E-state index in [9.17, 15) is 13.2 Å². The predicted octanol–water partition coefficient (Wildman–Crippen LogP) is 4.71. The van der Waals surface area contributed by atoms with Crippen LogP contribution in [0.1, 0.15) is 48.7 Å². The van der Waals surface area contributed by atoms with Crippen molar-refractivity contribution in [1.82, 2.24) is 19.1 Å². The fourth-order valence-corrected chi connectivity index (χ4v) is 6.58. The summed E-state index contributed by atoms with van der Waals surface area (Å²) in [5.41, 5.74) is 1.20. The maximum absolute atomic E-state index is 14.5. The van der Waals surface area contributed by atoms with E-state index in [0.29, 0.717) is 36.6 Å². The number of hydrogen-bond donors (Lipinski definition) is 1. The van der Waals surface area contributed by atoms with Gasteiger partial charge in [-0.3, -0.25) is 0 Å². The van der Waals surface area contributed by atoms with Crippen LogP contribution in [0, 0.1) is 36.2 Å². The van der Waals surface area contributed by atoms with Gasteiger partial charge in [-0.1, -0.05) is 6.07 Å². The van der Waals surface area contributed by atoms with Crippen LogP contribution in [0.4, 0.5) is 24.1 Å². The van der Waals surface area contributed by atoms with Crippen LogP contribution in [0.3, 0.4) is 0 Å². The number of benzene rings is 1. The van der Waals surface area contributed by atoms with Gasteiger partial charge in [0, 0.05) is 37.2 Å². The molecule has 174 valence electrons. The Morgan fingerprint density at radius 1 is 1.06 bits per heavy atom. The van der Waals surface area contributed by atoms with Crippen LogP contribution >= 0.6 is 11.5 Å². The highest BCUT2D eigenvalue weighted by Crippen LogP contribution is 2.41. The molecule has 2 unspecified atom stereocenters. The van der Waals surface area contributed by atoms with Gasteiger partial charge in [-0.05, 0) is 68.1 Å². The Kier molecular flexibility index (Phi) is 5.08. The molecule has 0 amide bonds. The lowest BCUT2D eigenvalue weighted by Gasteiger charge is -2.38. The molecule has 2 aromatic heterocycles. The zero-order valence-electron chi connectivity index (χ0n) is 18.3. The van der Waals surface area contributed by atoms with E-state index in [0.717, 1.165) is 44.1 Å². The van der Waals surface area contributed by atoms with Crippen LogP contribution in [-0.4, -0.2) is 38.3 Å². The SMILES string of the molecule is Cc1cc(N2CC3CC[C@@H](C2)[C@@H]3Nc2nc3n(n2)CCCC3c2ccc(F)c(F)c2F)sn1. The topological polar surface area (TPSA) is 58.9 Å². The Labute approximate surface area is 194 Å². The van der Waals surface area contributed by atoms with Crippen LogP contribution in [-0.2, 0) is 6.54 Å². The van der Waals surface area contributed by atoms with Crippen molar-refractivity contribution in [1.29, 1.82) is 0 Å². The van der Waals surface area contributed by atoms with Crippen molar-refractivity contribution in [3.8, 4) is 0 Å². The van der Waals surface area contributed by atoms with Gasteiger partial charge in [-0.2, -0.15) is 9.36 Å². The Bertz CT molecular complexity index is 1180. The molecule has 4 atom stereocenters. The lowest BCUT2D eigenvalue weighted by atomic mass is 9.90. The zero-order chi connectivity index (χ0) is 22.7. The van der Waals surface area contributed by atoms with Crippen molar-refractivity contribution < 1.29 is 13.2 Å². The molecule has 6 nitrogen and oxygen atoms in total. The molecular weight excluding hydrogens is 449 g/mol. The maximum atomic E-state index is 14.5. The summed E-state index contributed by atoms with van der Waals surface area (Å²) < 4.78 is 48.0. The molecule has 0 spiro atoms. The first-order valence-electron chi connectivity index (χ1n) is 11.5. The minimum atomic E-state index is -1.43. The highest BCUT2D eigenvalue weighted by Gasteiger charge is 2.43. The Balaban J connectivity index is 1.22. The molecule has 1 aromatic carbocycles. The quantitative estimate of drug-likeness (QED) is 0.555. The van der Waals surface area contributed by atoms with Gasteiger partial charge in [0.25, 0.3) is 0 Å². The van der Waals surface area contributed by atoms with Gasteiger partial charge in [0.2, 0.25) is 5.95 Å². The number of fused-ring (bicyclic) bond motifs is 3. The second-order valence-corrected chi connectivity index (χ2v) is 10.2. The number of aromatic nitrogens is 4. The average molecular weight is 475 g/mol.